The van der Waals surface area contributed by atoms with E-state index in [1.807, 2.05) is 30.3 Å². The van der Waals surface area contributed by atoms with Crippen LogP contribution in [-0.2, 0) is 17.6 Å². The van der Waals surface area contributed by atoms with Crippen molar-refractivity contribution in [2.75, 3.05) is 18.4 Å². The molecule has 2 N–H and O–H groups in total. The fourth-order valence-corrected chi connectivity index (χ4v) is 4.23. The van der Waals surface area contributed by atoms with Crippen molar-refractivity contribution in [3.05, 3.63) is 65.5 Å². The summed E-state index contributed by atoms with van der Waals surface area (Å²) in [7, 11) is 0. The lowest BCUT2D eigenvalue weighted by atomic mass is 10.0. The summed E-state index contributed by atoms with van der Waals surface area (Å²) < 4.78 is 0. The van der Waals surface area contributed by atoms with Gasteiger partial charge in [-0.1, -0.05) is 62.4 Å². The normalized spacial score (nSPS) is 16.7. The van der Waals surface area contributed by atoms with E-state index in [0.717, 1.165) is 49.3 Å². The number of likely N-dealkylation sites (tertiary alicyclic amines) is 1. The van der Waals surface area contributed by atoms with E-state index >= 15 is 0 Å². The zero-order valence-electron chi connectivity index (χ0n) is 17.7. The topological polar surface area (TPSA) is 73.9 Å². The Hall–Kier alpha value is -2.99. The first-order chi connectivity index (χ1) is 14.7. The lowest BCUT2D eigenvalue weighted by Crippen LogP contribution is -2.33. The van der Waals surface area contributed by atoms with Crippen LogP contribution in [0.3, 0.4) is 0 Å². The summed E-state index contributed by atoms with van der Waals surface area (Å²) in [6.07, 6.45) is 3.82. The summed E-state index contributed by atoms with van der Waals surface area (Å²) in [5.74, 6) is 1.56. The molecular weight excluding hydrogens is 374 g/mol. The number of aromatic nitrogens is 3. The third-order valence-electron chi connectivity index (χ3n) is 5.82. The molecule has 6 heteroatoms. The first kappa shape index (κ1) is 20.3. The van der Waals surface area contributed by atoms with Crippen LogP contribution in [0.4, 0.5) is 5.69 Å². The van der Waals surface area contributed by atoms with Gasteiger partial charge in [-0.25, -0.2) is 4.98 Å². The Morgan fingerprint density at radius 2 is 1.83 bits per heavy atom. The maximum absolute atomic E-state index is 12.9. The number of hydrogen-bond acceptors (Lipinski definition) is 4. The molecule has 6 nitrogen and oxygen atoms in total. The van der Waals surface area contributed by atoms with Crippen LogP contribution in [0.15, 0.2) is 48.5 Å². The van der Waals surface area contributed by atoms with Crippen molar-refractivity contribution >= 4 is 11.6 Å². The minimum atomic E-state index is 0.0281. The number of nitrogens with zero attached hydrogens (tertiary/aromatic N) is 3. The van der Waals surface area contributed by atoms with Gasteiger partial charge in [0.25, 0.3) is 0 Å². The Bertz CT molecular complexity index is 976. The molecule has 2 heterocycles. The molecule has 1 saturated heterocycles. The number of carbonyl (C=O) groups is 1. The summed E-state index contributed by atoms with van der Waals surface area (Å²) in [4.78, 5) is 19.8. The van der Waals surface area contributed by atoms with Crippen LogP contribution >= 0.6 is 0 Å². The van der Waals surface area contributed by atoms with Crippen LogP contribution in [0.5, 0.6) is 0 Å². The molecule has 1 amide bonds. The molecule has 1 atom stereocenters. The van der Waals surface area contributed by atoms with Crippen molar-refractivity contribution in [3.8, 4) is 11.4 Å². The molecule has 156 valence electrons. The van der Waals surface area contributed by atoms with E-state index in [0.29, 0.717) is 12.4 Å². The molecule has 1 aliphatic heterocycles. The second-order valence-electron chi connectivity index (χ2n) is 7.75. The van der Waals surface area contributed by atoms with Crippen LogP contribution in [0.25, 0.3) is 11.4 Å². The van der Waals surface area contributed by atoms with Crippen molar-refractivity contribution in [1.82, 2.24) is 20.1 Å². The predicted octanol–water partition coefficient (Wildman–Crippen LogP) is 4.37. The van der Waals surface area contributed by atoms with E-state index in [4.69, 9.17) is 4.98 Å². The highest BCUT2D eigenvalue weighted by Gasteiger charge is 2.30. The maximum Gasteiger partial charge on any atom is 0.238 e. The quantitative estimate of drug-likeness (QED) is 0.614. The Kier molecular flexibility index (Phi) is 6.23. The number of hydrogen-bond donors (Lipinski definition) is 2. The van der Waals surface area contributed by atoms with Gasteiger partial charge in [0.1, 0.15) is 5.82 Å². The average Bonchev–Trinajstić information content (AvgIpc) is 3.44. The van der Waals surface area contributed by atoms with Crippen molar-refractivity contribution < 1.29 is 4.79 Å². The number of amides is 1. The zero-order valence-corrected chi connectivity index (χ0v) is 17.7. The summed E-state index contributed by atoms with van der Waals surface area (Å²) >= 11 is 0. The average molecular weight is 404 g/mol. The number of para-hydroxylation sites is 1. The number of carbonyl (C=O) groups excluding carboxylic acids is 1. The Labute approximate surface area is 177 Å². The van der Waals surface area contributed by atoms with Crippen molar-refractivity contribution in [2.45, 2.75) is 45.6 Å². The van der Waals surface area contributed by atoms with Crippen molar-refractivity contribution in [3.63, 3.8) is 0 Å². The standard InChI is InChI=1S/C24H29N5O/c1-3-17-12-8-13-18(4-2)22(17)25-21(30)16-29-15-9-14-20(29)24-26-23(27-28-24)19-10-6-5-7-11-19/h5-8,10-13,20H,3-4,9,14-16H2,1-2H3,(H,25,30)(H,26,27,28). The molecule has 0 spiro atoms. The van der Waals surface area contributed by atoms with Gasteiger partial charge in [-0.15, -0.1) is 0 Å². The molecule has 30 heavy (non-hydrogen) atoms. The van der Waals surface area contributed by atoms with E-state index in [9.17, 15) is 4.79 Å². The summed E-state index contributed by atoms with van der Waals surface area (Å²) in [5.41, 5.74) is 4.34. The number of benzene rings is 2. The lowest BCUT2D eigenvalue weighted by molar-refractivity contribution is -0.117. The van der Waals surface area contributed by atoms with Crippen LogP contribution in [0.1, 0.15) is 49.7 Å². The van der Waals surface area contributed by atoms with Crippen LogP contribution in [0, 0.1) is 0 Å². The highest BCUT2D eigenvalue weighted by atomic mass is 16.2. The van der Waals surface area contributed by atoms with Gasteiger partial charge in [0.15, 0.2) is 5.82 Å². The van der Waals surface area contributed by atoms with Crippen molar-refractivity contribution in [2.24, 2.45) is 0 Å². The third-order valence-corrected chi connectivity index (χ3v) is 5.82. The van der Waals surface area contributed by atoms with Gasteiger partial charge < -0.3 is 5.32 Å². The van der Waals surface area contributed by atoms with Crippen LogP contribution < -0.4 is 5.32 Å². The Balaban J connectivity index is 1.46. The van der Waals surface area contributed by atoms with Gasteiger partial charge in [-0.2, -0.15) is 5.10 Å². The molecule has 1 unspecified atom stereocenters. The van der Waals surface area contributed by atoms with Crippen molar-refractivity contribution in [1.29, 1.82) is 0 Å². The van der Waals surface area contributed by atoms with Crippen LogP contribution in [0.2, 0.25) is 0 Å². The van der Waals surface area contributed by atoms with Gasteiger partial charge in [0.2, 0.25) is 5.91 Å². The highest BCUT2D eigenvalue weighted by molar-refractivity contribution is 5.94. The smallest absolute Gasteiger partial charge is 0.238 e. The number of H-pyrrole nitrogens is 1. The lowest BCUT2D eigenvalue weighted by Gasteiger charge is -2.22. The van der Waals surface area contributed by atoms with Gasteiger partial charge in [0.05, 0.1) is 12.6 Å². The summed E-state index contributed by atoms with van der Waals surface area (Å²) in [6, 6.07) is 16.3. The Morgan fingerprint density at radius 3 is 2.53 bits per heavy atom. The SMILES string of the molecule is CCc1cccc(CC)c1NC(=O)CN1CCCC1c1nc(-c2ccccc2)n[nH]1. The molecular formula is C24H29N5O. The fourth-order valence-electron chi connectivity index (χ4n) is 4.23. The number of rotatable bonds is 7. The molecule has 0 radical (unpaired) electrons. The highest BCUT2D eigenvalue weighted by Crippen LogP contribution is 2.31. The molecule has 1 aromatic heterocycles. The first-order valence-corrected chi connectivity index (χ1v) is 10.8. The van der Waals surface area contributed by atoms with Crippen LogP contribution in [-0.4, -0.2) is 39.1 Å². The maximum atomic E-state index is 12.9. The Morgan fingerprint density at radius 1 is 1.10 bits per heavy atom. The van der Waals surface area contributed by atoms with E-state index in [1.165, 1.54) is 11.1 Å². The number of aromatic amines is 1. The zero-order chi connectivity index (χ0) is 20.9. The third kappa shape index (κ3) is 4.28. The van der Waals surface area contributed by atoms with E-state index < -0.39 is 0 Å². The van der Waals surface area contributed by atoms with E-state index in [-0.39, 0.29) is 11.9 Å². The fraction of sp³-hybridized carbons (Fsp3) is 0.375. The number of aryl methyl sites for hydroxylation is 2. The van der Waals surface area contributed by atoms with Gasteiger partial charge in [-0.3, -0.25) is 14.8 Å². The van der Waals surface area contributed by atoms with Gasteiger partial charge >= 0.3 is 0 Å². The second kappa shape index (κ2) is 9.22. The van der Waals surface area contributed by atoms with E-state index in [2.05, 4.69) is 52.5 Å². The molecule has 1 aliphatic rings. The summed E-state index contributed by atoms with van der Waals surface area (Å²) in [5, 5.41) is 10.7. The number of anilines is 1. The first-order valence-electron chi connectivity index (χ1n) is 10.8. The molecule has 0 aliphatic carbocycles. The monoisotopic (exact) mass is 403 g/mol. The molecule has 2 aromatic carbocycles. The number of nitrogens with one attached hydrogen (secondary N) is 2. The van der Waals surface area contributed by atoms with E-state index in [1.54, 1.807) is 0 Å². The van der Waals surface area contributed by atoms with Gasteiger partial charge in [0, 0.05) is 11.3 Å². The molecule has 0 bridgehead atoms. The summed E-state index contributed by atoms with van der Waals surface area (Å²) in [6.45, 7) is 5.48. The largest absolute Gasteiger partial charge is 0.324 e. The minimum absolute atomic E-state index is 0.0281. The molecule has 1 fully saturated rings. The minimum Gasteiger partial charge on any atom is -0.324 e. The molecule has 4 rings (SSSR count). The predicted molar refractivity (Wildman–Crippen MR) is 119 cm³/mol. The molecule has 0 saturated carbocycles. The molecule has 3 aromatic rings. The van der Waals surface area contributed by atoms with Gasteiger partial charge in [-0.05, 0) is 43.4 Å². The second-order valence-corrected chi connectivity index (χ2v) is 7.75.